The van der Waals surface area contributed by atoms with Gasteiger partial charge < -0.3 is 5.11 Å². The van der Waals surface area contributed by atoms with Gasteiger partial charge in [0.15, 0.2) is 11.0 Å². The number of carbonyl (C=O) groups excluding carboxylic acids is 1. The fourth-order valence-corrected chi connectivity index (χ4v) is 5.11. The van der Waals surface area contributed by atoms with Crippen LogP contribution in [0.2, 0.25) is 0 Å². The van der Waals surface area contributed by atoms with Gasteiger partial charge in [0, 0.05) is 39.1 Å². The molecule has 2 aliphatic rings. The molecule has 9 heteroatoms. The summed E-state index contributed by atoms with van der Waals surface area (Å²) < 4.78 is 14.9. The van der Waals surface area contributed by atoms with Crippen LogP contribution in [0.5, 0.6) is 0 Å². The summed E-state index contributed by atoms with van der Waals surface area (Å²) in [7, 11) is 0. The maximum Gasteiger partial charge on any atom is 0.264 e. The third kappa shape index (κ3) is 3.71. The van der Waals surface area contributed by atoms with Crippen molar-refractivity contribution in [3.8, 4) is 0 Å². The Morgan fingerprint density at radius 3 is 2.57 bits per heavy atom. The molecule has 1 saturated heterocycles. The number of rotatable bonds is 6. The summed E-state index contributed by atoms with van der Waals surface area (Å²) in [6.07, 6.45) is 0.687. The van der Waals surface area contributed by atoms with Gasteiger partial charge in [0.2, 0.25) is 0 Å². The number of carbonyl (C=O) groups is 1. The summed E-state index contributed by atoms with van der Waals surface area (Å²) in [6, 6.07) is 6.24. The Hall–Kier alpha value is -1.81. The third-order valence-corrected chi connectivity index (χ3v) is 6.53. The van der Waals surface area contributed by atoms with E-state index in [2.05, 4.69) is 19.9 Å². The van der Waals surface area contributed by atoms with Crippen molar-refractivity contribution in [2.24, 2.45) is 0 Å². The van der Waals surface area contributed by atoms with Crippen LogP contribution < -0.4 is 0 Å². The van der Waals surface area contributed by atoms with Crippen molar-refractivity contribution in [2.75, 3.05) is 39.3 Å². The lowest BCUT2D eigenvalue weighted by Gasteiger charge is -2.40. The molecule has 1 fully saturated rings. The minimum atomic E-state index is -0.365. The molecule has 0 bridgehead atoms. The number of hydrogen-bond donors (Lipinski definition) is 1. The van der Waals surface area contributed by atoms with Gasteiger partial charge >= 0.3 is 0 Å². The van der Waals surface area contributed by atoms with E-state index in [0.29, 0.717) is 23.9 Å². The summed E-state index contributed by atoms with van der Waals surface area (Å²) in [5.41, 5.74) is 0.921. The minimum absolute atomic E-state index is 0.0701. The van der Waals surface area contributed by atoms with Gasteiger partial charge in [-0.25, -0.2) is 9.37 Å². The first-order chi connectivity index (χ1) is 13.6. The fourth-order valence-electron chi connectivity index (χ4n) is 3.84. The molecule has 0 aliphatic carbocycles. The smallest absolute Gasteiger partial charge is 0.264 e. The van der Waals surface area contributed by atoms with E-state index in [1.807, 2.05) is 6.92 Å². The SMILES string of the molecule is CCc1nc2n(n1)C(=O)C(C(c1ccc(F)cc1)N1CCN(CCO)CC1)S2. The maximum atomic E-state index is 13.5. The number of aliphatic hydroxyl groups excluding tert-OH is 1. The number of thioether (sulfide) groups is 1. The molecule has 0 saturated carbocycles. The number of aliphatic hydroxyl groups is 1. The average Bonchev–Trinajstić information content (AvgIpc) is 3.24. The van der Waals surface area contributed by atoms with E-state index in [-0.39, 0.29) is 29.6 Å². The van der Waals surface area contributed by atoms with Crippen molar-refractivity contribution >= 4 is 17.7 Å². The molecule has 1 N–H and O–H groups in total. The van der Waals surface area contributed by atoms with Crippen molar-refractivity contribution in [3.05, 3.63) is 41.5 Å². The molecule has 0 radical (unpaired) electrons. The van der Waals surface area contributed by atoms with Crippen LogP contribution in [0, 0.1) is 5.82 Å². The number of aryl methyl sites for hydroxylation is 1. The van der Waals surface area contributed by atoms with E-state index in [0.717, 1.165) is 31.7 Å². The van der Waals surface area contributed by atoms with Gasteiger partial charge in [0.25, 0.3) is 5.91 Å². The second-order valence-electron chi connectivity index (χ2n) is 7.05. The predicted octanol–water partition coefficient (Wildman–Crippen LogP) is 1.45. The number of fused-ring (bicyclic) bond motifs is 1. The van der Waals surface area contributed by atoms with Crippen LogP contribution in [0.25, 0.3) is 0 Å². The molecule has 2 unspecified atom stereocenters. The molecule has 0 spiro atoms. The van der Waals surface area contributed by atoms with Crippen LogP contribution in [0.15, 0.2) is 29.4 Å². The Bertz CT molecular complexity index is 835. The normalized spacial score (nSPS) is 21.8. The zero-order valence-electron chi connectivity index (χ0n) is 15.8. The van der Waals surface area contributed by atoms with E-state index < -0.39 is 0 Å². The van der Waals surface area contributed by atoms with Gasteiger partial charge in [0.1, 0.15) is 11.1 Å². The monoisotopic (exact) mass is 405 g/mol. The highest BCUT2D eigenvalue weighted by molar-refractivity contribution is 8.00. The number of benzene rings is 1. The van der Waals surface area contributed by atoms with Crippen LogP contribution >= 0.6 is 11.8 Å². The number of halogens is 1. The Kier molecular flexibility index (Phi) is 5.77. The van der Waals surface area contributed by atoms with Crippen molar-refractivity contribution in [3.63, 3.8) is 0 Å². The molecular weight excluding hydrogens is 381 g/mol. The molecule has 1 aromatic carbocycles. The first-order valence-electron chi connectivity index (χ1n) is 9.60. The second kappa shape index (κ2) is 8.28. The first-order valence-corrected chi connectivity index (χ1v) is 10.5. The lowest BCUT2D eigenvalue weighted by molar-refractivity contribution is 0.0688. The molecule has 2 atom stereocenters. The van der Waals surface area contributed by atoms with Crippen LogP contribution in [0.4, 0.5) is 4.39 Å². The maximum absolute atomic E-state index is 13.5. The number of aromatic nitrogens is 3. The number of piperazine rings is 1. The lowest BCUT2D eigenvalue weighted by atomic mass is 10.00. The molecule has 150 valence electrons. The first kappa shape index (κ1) is 19.5. The van der Waals surface area contributed by atoms with E-state index in [1.165, 1.54) is 28.6 Å². The zero-order valence-corrected chi connectivity index (χ0v) is 16.6. The second-order valence-corrected chi connectivity index (χ2v) is 8.16. The van der Waals surface area contributed by atoms with Crippen LogP contribution in [0.1, 0.15) is 29.1 Å². The third-order valence-electron chi connectivity index (χ3n) is 5.34. The average molecular weight is 405 g/mol. The van der Waals surface area contributed by atoms with Gasteiger partial charge in [0.05, 0.1) is 12.6 Å². The molecule has 28 heavy (non-hydrogen) atoms. The van der Waals surface area contributed by atoms with E-state index in [9.17, 15) is 9.18 Å². The van der Waals surface area contributed by atoms with Gasteiger partial charge in [-0.05, 0) is 17.7 Å². The molecule has 0 amide bonds. The minimum Gasteiger partial charge on any atom is -0.395 e. The van der Waals surface area contributed by atoms with Gasteiger partial charge in [-0.15, -0.1) is 5.10 Å². The molecule has 3 heterocycles. The fraction of sp³-hybridized carbons (Fsp3) is 0.526. The summed E-state index contributed by atoms with van der Waals surface area (Å²) in [5, 5.41) is 13.8. The highest BCUT2D eigenvalue weighted by atomic mass is 32.2. The highest BCUT2D eigenvalue weighted by Gasteiger charge is 2.43. The van der Waals surface area contributed by atoms with E-state index >= 15 is 0 Å². The summed E-state index contributed by atoms with van der Waals surface area (Å²) in [6.45, 7) is 5.98. The van der Waals surface area contributed by atoms with E-state index in [4.69, 9.17) is 5.11 Å². The Labute approximate surface area is 167 Å². The van der Waals surface area contributed by atoms with Crippen LogP contribution in [-0.4, -0.2) is 80.2 Å². The van der Waals surface area contributed by atoms with E-state index in [1.54, 1.807) is 12.1 Å². The summed E-state index contributed by atoms with van der Waals surface area (Å²) in [5.74, 6) is 0.312. The molecule has 4 rings (SSSR count). The Morgan fingerprint density at radius 2 is 1.96 bits per heavy atom. The van der Waals surface area contributed by atoms with Crippen molar-refractivity contribution < 1.29 is 14.3 Å². The van der Waals surface area contributed by atoms with Crippen LogP contribution in [-0.2, 0) is 6.42 Å². The zero-order chi connectivity index (χ0) is 19.7. The molecule has 2 aliphatic heterocycles. The molecule has 7 nitrogen and oxygen atoms in total. The number of nitrogens with zero attached hydrogens (tertiary/aromatic N) is 5. The number of β-amino-alcohol motifs (C(OH)–C–C–N with tert-alkyl or cyclic N) is 1. The van der Waals surface area contributed by atoms with Gasteiger partial charge in [-0.3, -0.25) is 14.6 Å². The summed E-state index contributed by atoms with van der Waals surface area (Å²) >= 11 is 1.44. The van der Waals surface area contributed by atoms with Gasteiger partial charge in [-0.2, -0.15) is 4.68 Å². The molecule has 2 aromatic rings. The van der Waals surface area contributed by atoms with Crippen molar-refractivity contribution in [2.45, 2.75) is 29.8 Å². The summed E-state index contributed by atoms with van der Waals surface area (Å²) in [4.78, 5) is 22.1. The van der Waals surface area contributed by atoms with Gasteiger partial charge in [-0.1, -0.05) is 30.8 Å². The quantitative estimate of drug-likeness (QED) is 0.780. The molecule has 1 aromatic heterocycles. The number of hydrogen-bond acceptors (Lipinski definition) is 7. The predicted molar refractivity (Wildman–Crippen MR) is 104 cm³/mol. The molecular formula is C19H24FN5O2S. The Balaban J connectivity index is 1.60. The Morgan fingerprint density at radius 1 is 1.25 bits per heavy atom. The topological polar surface area (TPSA) is 74.5 Å². The largest absolute Gasteiger partial charge is 0.395 e. The van der Waals surface area contributed by atoms with Crippen molar-refractivity contribution in [1.29, 1.82) is 0 Å². The highest BCUT2D eigenvalue weighted by Crippen LogP contribution is 2.41. The van der Waals surface area contributed by atoms with Crippen molar-refractivity contribution in [1.82, 2.24) is 24.6 Å². The van der Waals surface area contributed by atoms with Crippen LogP contribution in [0.3, 0.4) is 0 Å². The lowest BCUT2D eigenvalue weighted by Crippen LogP contribution is -2.51. The standard InChI is InChI=1S/C19H24FN5O2S/c1-2-15-21-19-25(22-15)18(27)17(28-19)16(13-3-5-14(20)6-4-13)24-9-7-23(8-10-24)11-12-26/h3-6,16-17,26H,2,7-12H2,1H3.